The Labute approximate surface area is 178 Å². The van der Waals surface area contributed by atoms with Crippen LogP contribution in [0.5, 0.6) is 0 Å². The van der Waals surface area contributed by atoms with E-state index in [0.717, 1.165) is 11.1 Å². The summed E-state index contributed by atoms with van der Waals surface area (Å²) in [6.07, 6.45) is 0.393. The lowest BCUT2D eigenvalue weighted by atomic mass is 9.87. The van der Waals surface area contributed by atoms with E-state index in [2.05, 4.69) is 19.1 Å². The van der Waals surface area contributed by atoms with Crippen LogP contribution in [-0.4, -0.2) is 55.0 Å². The summed E-state index contributed by atoms with van der Waals surface area (Å²) < 4.78 is 5.14. The zero-order valence-corrected chi connectivity index (χ0v) is 18.0. The Balaban J connectivity index is 1.58. The third-order valence-corrected chi connectivity index (χ3v) is 6.60. The second-order valence-corrected chi connectivity index (χ2v) is 8.59. The maximum absolute atomic E-state index is 13.1. The predicted octanol–water partition coefficient (Wildman–Crippen LogP) is 3.61. The van der Waals surface area contributed by atoms with Crippen molar-refractivity contribution in [2.45, 2.75) is 26.3 Å². The zero-order chi connectivity index (χ0) is 21.3. The lowest BCUT2D eigenvalue weighted by Gasteiger charge is -2.31. The summed E-state index contributed by atoms with van der Waals surface area (Å²) in [6, 6.07) is 16.1. The van der Waals surface area contributed by atoms with E-state index < -0.39 is 0 Å². The number of nitrogens with zero attached hydrogens (tertiary/aromatic N) is 2. The molecule has 0 unspecified atom stereocenters. The van der Waals surface area contributed by atoms with Crippen LogP contribution in [0.1, 0.15) is 39.5 Å². The molecule has 0 spiro atoms. The average Bonchev–Trinajstić information content (AvgIpc) is 3.31. The molecule has 0 radical (unpaired) electrons. The Morgan fingerprint density at radius 1 is 1.00 bits per heavy atom. The highest BCUT2D eigenvalue weighted by Gasteiger charge is 2.50. The van der Waals surface area contributed by atoms with Gasteiger partial charge in [0.05, 0.1) is 19.1 Å². The lowest BCUT2D eigenvalue weighted by molar-refractivity contribution is -0.133. The molecule has 0 N–H and O–H groups in total. The second kappa shape index (κ2) is 8.60. The van der Waals surface area contributed by atoms with E-state index in [1.54, 1.807) is 7.11 Å². The van der Waals surface area contributed by atoms with Crippen molar-refractivity contribution in [3.05, 3.63) is 70.8 Å². The Morgan fingerprint density at radius 2 is 1.73 bits per heavy atom. The Bertz CT molecular complexity index is 924. The van der Waals surface area contributed by atoms with Crippen molar-refractivity contribution >= 4 is 11.8 Å². The van der Waals surface area contributed by atoms with Crippen LogP contribution >= 0.6 is 0 Å². The summed E-state index contributed by atoms with van der Waals surface area (Å²) in [5.74, 6) is 0.781. The standard InChI is InChI=1S/C25H30N2O3/c1-17-8-10-19(11-9-17)25(29)26-14-20-15-27(23(28)12-13-30-3)24(22(20)16-26)21-7-5-4-6-18(21)2/h4-11,20,22,24H,12-16H2,1-3H3/t20-,22-,24+/m0/s1. The molecule has 2 aromatic rings. The van der Waals surface area contributed by atoms with Crippen LogP contribution in [0.2, 0.25) is 0 Å². The minimum atomic E-state index is 0.0105. The number of rotatable bonds is 5. The van der Waals surface area contributed by atoms with E-state index >= 15 is 0 Å². The van der Waals surface area contributed by atoms with Crippen LogP contribution in [-0.2, 0) is 9.53 Å². The summed E-state index contributed by atoms with van der Waals surface area (Å²) in [5, 5.41) is 0. The number of fused-ring (bicyclic) bond motifs is 1. The summed E-state index contributed by atoms with van der Waals surface area (Å²) in [6.45, 7) is 6.65. The Kier molecular flexibility index (Phi) is 5.91. The van der Waals surface area contributed by atoms with Gasteiger partial charge >= 0.3 is 0 Å². The van der Waals surface area contributed by atoms with Crippen LogP contribution in [0.15, 0.2) is 48.5 Å². The van der Waals surface area contributed by atoms with Gasteiger partial charge in [-0.25, -0.2) is 0 Å². The van der Waals surface area contributed by atoms with Gasteiger partial charge in [-0.15, -0.1) is 0 Å². The highest BCUT2D eigenvalue weighted by molar-refractivity contribution is 5.94. The van der Waals surface area contributed by atoms with Crippen molar-refractivity contribution in [3.8, 4) is 0 Å². The monoisotopic (exact) mass is 406 g/mol. The van der Waals surface area contributed by atoms with Crippen LogP contribution in [0.4, 0.5) is 0 Å². The normalized spacial score (nSPS) is 23.0. The number of carbonyl (C=O) groups excluding carboxylic acids is 2. The molecule has 0 aromatic heterocycles. The molecule has 0 bridgehead atoms. The summed E-state index contributed by atoms with van der Waals surface area (Å²) in [7, 11) is 1.62. The van der Waals surface area contributed by atoms with Gasteiger partial charge in [0.25, 0.3) is 5.91 Å². The molecular formula is C25H30N2O3. The number of hydrogen-bond acceptors (Lipinski definition) is 3. The second-order valence-electron chi connectivity index (χ2n) is 8.59. The van der Waals surface area contributed by atoms with Crippen molar-refractivity contribution < 1.29 is 14.3 Å². The fourth-order valence-electron chi connectivity index (χ4n) is 5.00. The van der Waals surface area contributed by atoms with Gasteiger partial charge in [-0.05, 0) is 37.1 Å². The molecule has 2 amide bonds. The number of ether oxygens (including phenoxy) is 1. The van der Waals surface area contributed by atoms with Crippen LogP contribution in [0, 0.1) is 25.7 Å². The Hall–Kier alpha value is -2.66. The van der Waals surface area contributed by atoms with Crippen molar-refractivity contribution in [1.29, 1.82) is 0 Å². The van der Waals surface area contributed by atoms with Crippen molar-refractivity contribution in [3.63, 3.8) is 0 Å². The number of carbonyl (C=O) groups is 2. The van der Waals surface area contributed by atoms with E-state index in [1.807, 2.05) is 53.1 Å². The fourth-order valence-corrected chi connectivity index (χ4v) is 5.00. The Morgan fingerprint density at radius 3 is 2.43 bits per heavy atom. The number of benzene rings is 2. The maximum Gasteiger partial charge on any atom is 0.253 e. The zero-order valence-electron chi connectivity index (χ0n) is 18.0. The highest BCUT2D eigenvalue weighted by Crippen LogP contribution is 2.46. The topological polar surface area (TPSA) is 49.9 Å². The summed E-state index contributed by atoms with van der Waals surface area (Å²) in [4.78, 5) is 30.1. The first kappa shape index (κ1) is 20.6. The van der Waals surface area contributed by atoms with Crippen LogP contribution < -0.4 is 0 Å². The molecule has 2 saturated heterocycles. The highest BCUT2D eigenvalue weighted by atomic mass is 16.5. The van der Waals surface area contributed by atoms with Gasteiger partial charge in [-0.1, -0.05) is 42.0 Å². The molecule has 2 fully saturated rings. The van der Waals surface area contributed by atoms with Crippen molar-refractivity contribution in [2.24, 2.45) is 11.8 Å². The van der Waals surface area contributed by atoms with E-state index in [0.29, 0.717) is 38.6 Å². The third-order valence-electron chi connectivity index (χ3n) is 6.60. The van der Waals surface area contributed by atoms with Crippen LogP contribution in [0.3, 0.4) is 0 Å². The SMILES string of the molecule is COCCC(=O)N1C[C@@H]2CN(C(=O)c3ccc(C)cc3)C[C@@H]2[C@H]1c1ccccc1C. The molecule has 30 heavy (non-hydrogen) atoms. The van der Waals surface area contributed by atoms with E-state index in [9.17, 15) is 9.59 Å². The molecule has 158 valence electrons. The maximum atomic E-state index is 13.1. The summed E-state index contributed by atoms with van der Waals surface area (Å²) >= 11 is 0. The van der Waals surface area contributed by atoms with Crippen molar-refractivity contribution in [1.82, 2.24) is 9.80 Å². The molecule has 2 aromatic carbocycles. The molecule has 5 nitrogen and oxygen atoms in total. The number of likely N-dealkylation sites (tertiary alicyclic amines) is 2. The van der Waals surface area contributed by atoms with Gasteiger partial charge < -0.3 is 14.5 Å². The summed E-state index contributed by atoms with van der Waals surface area (Å²) in [5.41, 5.74) is 4.27. The minimum Gasteiger partial charge on any atom is -0.384 e. The molecule has 2 aliphatic heterocycles. The smallest absolute Gasteiger partial charge is 0.253 e. The van der Waals surface area contributed by atoms with Gasteiger partial charge in [-0.3, -0.25) is 9.59 Å². The third kappa shape index (κ3) is 3.86. The molecule has 2 aliphatic rings. The number of aryl methyl sites for hydroxylation is 2. The van der Waals surface area contributed by atoms with E-state index in [-0.39, 0.29) is 23.8 Å². The molecule has 0 saturated carbocycles. The molecule has 0 aliphatic carbocycles. The average molecular weight is 407 g/mol. The van der Waals surface area contributed by atoms with Gasteiger partial charge in [0.2, 0.25) is 5.91 Å². The number of amides is 2. The predicted molar refractivity (Wildman–Crippen MR) is 116 cm³/mol. The van der Waals surface area contributed by atoms with Gasteiger partial charge in [-0.2, -0.15) is 0 Å². The fraction of sp³-hybridized carbons (Fsp3) is 0.440. The first-order valence-corrected chi connectivity index (χ1v) is 10.7. The van der Waals surface area contributed by atoms with Gasteiger partial charge in [0.15, 0.2) is 0 Å². The first-order chi connectivity index (χ1) is 14.5. The lowest BCUT2D eigenvalue weighted by Crippen LogP contribution is -2.38. The quantitative estimate of drug-likeness (QED) is 0.762. The molecule has 3 atom stereocenters. The largest absolute Gasteiger partial charge is 0.384 e. The number of methoxy groups -OCH3 is 1. The van der Waals surface area contributed by atoms with Gasteiger partial charge in [0.1, 0.15) is 0 Å². The van der Waals surface area contributed by atoms with E-state index in [4.69, 9.17) is 4.74 Å². The molecule has 4 rings (SSSR count). The van der Waals surface area contributed by atoms with E-state index in [1.165, 1.54) is 11.1 Å². The first-order valence-electron chi connectivity index (χ1n) is 10.7. The van der Waals surface area contributed by atoms with Crippen LogP contribution in [0.25, 0.3) is 0 Å². The van der Waals surface area contributed by atoms with Gasteiger partial charge in [0, 0.05) is 44.1 Å². The molecular weight excluding hydrogens is 376 g/mol. The molecule has 2 heterocycles. The minimum absolute atomic E-state index is 0.0105. The number of hydrogen-bond donors (Lipinski definition) is 0. The molecule has 5 heteroatoms. The van der Waals surface area contributed by atoms with Crippen molar-refractivity contribution in [2.75, 3.05) is 33.4 Å².